The second-order valence-electron chi connectivity index (χ2n) is 8.97. The molecule has 0 unspecified atom stereocenters. The van der Waals surface area contributed by atoms with Crippen LogP contribution < -0.4 is 20.9 Å². The zero-order chi connectivity index (χ0) is 25.0. The van der Waals surface area contributed by atoms with Crippen LogP contribution in [0.1, 0.15) is 54.1 Å². The highest BCUT2D eigenvalue weighted by atomic mass is 16.6. The summed E-state index contributed by atoms with van der Waals surface area (Å²) in [6.07, 6.45) is 1.90. The molecule has 1 saturated carbocycles. The van der Waals surface area contributed by atoms with Crippen molar-refractivity contribution in [3.05, 3.63) is 83.4 Å². The number of aromatic nitrogens is 2. The van der Waals surface area contributed by atoms with Crippen molar-refractivity contribution >= 4 is 12.0 Å². The molecule has 9 heteroatoms. The minimum Gasteiger partial charge on any atom is -0.490 e. The maximum atomic E-state index is 11.2. The SMILES string of the molecule is CC(C)(c1ccc(OCc2ccnc(C(N)=O)n2)cc1)c1ccc(O[C@H]2C[C@H](OC(N)=O)C2)cc1. The van der Waals surface area contributed by atoms with E-state index in [4.69, 9.17) is 25.7 Å². The van der Waals surface area contributed by atoms with Gasteiger partial charge >= 0.3 is 6.09 Å². The van der Waals surface area contributed by atoms with Crippen LogP contribution in [-0.4, -0.2) is 34.2 Å². The van der Waals surface area contributed by atoms with Crippen molar-refractivity contribution < 1.29 is 23.8 Å². The Morgan fingerprint density at radius 1 is 0.914 bits per heavy atom. The monoisotopic (exact) mass is 476 g/mol. The number of primary amides is 2. The van der Waals surface area contributed by atoms with E-state index in [1.165, 1.54) is 6.20 Å². The summed E-state index contributed by atoms with van der Waals surface area (Å²) in [5, 5.41) is 0. The molecule has 1 heterocycles. The molecule has 3 aromatic rings. The Hall–Kier alpha value is -4.14. The Bertz CT molecular complexity index is 1190. The van der Waals surface area contributed by atoms with Crippen molar-refractivity contribution in [1.82, 2.24) is 9.97 Å². The summed E-state index contributed by atoms with van der Waals surface area (Å²) in [6, 6.07) is 17.6. The Kier molecular flexibility index (Phi) is 6.86. The van der Waals surface area contributed by atoms with Gasteiger partial charge in [-0.05, 0) is 41.5 Å². The van der Waals surface area contributed by atoms with Crippen LogP contribution in [0.5, 0.6) is 11.5 Å². The zero-order valence-electron chi connectivity index (χ0n) is 19.6. The van der Waals surface area contributed by atoms with E-state index in [9.17, 15) is 9.59 Å². The van der Waals surface area contributed by atoms with Crippen molar-refractivity contribution in [2.45, 2.75) is 50.9 Å². The number of amides is 2. The van der Waals surface area contributed by atoms with Gasteiger partial charge in [-0.25, -0.2) is 14.8 Å². The van der Waals surface area contributed by atoms with Gasteiger partial charge in [0.1, 0.15) is 30.3 Å². The average molecular weight is 477 g/mol. The molecule has 0 bridgehead atoms. The fourth-order valence-corrected chi connectivity index (χ4v) is 3.90. The summed E-state index contributed by atoms with van der Waals surface area (Å²) in [5.41, 5.74) is 12.9. The van der Waals surface area contributed by atoms with Crippen LogP contribution in [0.15, 0.2) is 60.8 Å². The standard InChI is InChI=1S/C26H28N4O5/c1-26(2,17-5-9-20(10-6-17)34-21-13-22(14-21)35-25(28)32)16-3-7-19(8-4-16)33-15-18-11-12-29-24(30-18)23(27)31/h3-12,21-22H,13-15H2,1-2H3,(H2,27,31)(H2,28,32)/t21-,22-. The maximum absolute atomic E-state index is 11.2. The molecule has 1 aromatic heterocycles. The maximum Gasteiger partial charge on any atom is 0.404 e. The highest BCUT2D eigenvalue weighted by Crippen LogP contribution is 2.34. The van der Waals surface area contributed by atoms with Crippen LogP contribution >= 0.6 is 0 Å². The van der Waals surface area contributed by atoms with E-state index < -0.39 is 12.0 Å². The number of nitrogens with two attached hydrogens (primary N) is 2. The second kappa shape index (κ2) is 10.0. The Morgan fingerprint density at radius 3 is 2.09 bits per heavy atom. The van der Waals surface area contributed by atoms with Gasteiger partial charge in [0.15, 0.2) is 0 Å². The number of benzene rings is 2. The van der Waals surface area contributed by atoms with Gasteiger partial charge < -0.3 is 25.7 Å². The smallest absolute Gasteiger partial charge is 0.404 e. The molecule has 0 saturated heterocycles. The largest absolute Gasteiger partial charge is 0.490 e. The van der Waals surface area contributed by atoms with Crippen LogP contribution in [0, 0.1) is 0 Å². The van der Waals surface area contributed by atoms with Gasteiger partial charge in [-0.1, -0.05) is 38.1 Å². The predicted molar refractivity (Wildman–Crippen MR) is 128 cm³/mol. The summed E-state index contributed by atoms with van der Waals surface area (Å²) in [4.78, 5) is 29.9. The van der Waals surface area contributed by atoms with E-state index in [2.05, 4.69) is 35.9 Å². The Balaban J connectivity index is 1.34. The molecule has 0 atom stereocenters. The van der Waals surface area contributed by atoms with E-state index in [1.807, 2.05) is 36.4 Å². The predicted octanol–water partition coefficient (Wildman–Crippen LogP) is 3.49. The highest BCUT2D eigenvalue weighted by molar-refractivity contribution is 5.88. The number of nitrogens with zero attached hydrogens (tertiary/aromatic N) is 2. The molecule has 1 aliphatic carbocycles. The number of carbonyl (C=O) groups excluding carboxylic acids is 2. The second-order valence-corrected chi connectivity index (χ2v) is 8.97. The van der Waals surface area contributed by atoms with Crippen molar-refractivity contribution in [2.24, 2.45) is 11.5 Å². The first-order valence-corrected chi connectivity index (χ1v) is 11.3. The molecule has 0 spiro atoms. The minimum absolute atomic E-state index is 0.0236. The molecule has 4 rings (SSSR count). The first-order valence-electron chi connectivity index (χ1n) is 11.3. The van der Waals surface area contributed by atoms with E-state index >= 15 is 0 Å². The van der Waals surface area contributed by atoms with Gasteiger partial charge in [-0.2, -0.15) is 0 Å². The normalized spacial score (nSPS) is 17.2. The topological polar surface area (TPSA) is 140 Å². The van der Waals surface area contributed by atoms with Gasteiger partial charge in [0.25, 0.3) is 5.91 Å². The van der Waals surface area contributed by atoms with Crippen LogP contribution in [0.2, 0.25) is 0 Å². The molecule has 2 amide bonds. The van der Waals surface area contributed by atoms with Gasteiger partial charge in [0, 0.05) is 24.5 Å². The van der Waals surface area contributed by atoms with E-state index in [-0.39, 0.29) is 30.1 Å². The summed E-state index contributed by atoms with van der Waals surface area (Å²) in [6.45, 7) is 4.51. The molecule has 1 fully saturated rings. The molecular weight excluding hydrogens is 448 g/mol. The third kappa shape index (κ3) is 5.87. The van der Waals surface area contributed by atoms with E-state index in [1.54, 1.807) is 6.07 Å². The summed E-state index contributed by atoms with van der Waals surface area (Å²) in [5.74, 6) is 0.754. The van der Waals surface area contributed by atoms with Crippen molar-refractivity contribution in [3.63, 3.8) is 0 Å². The van der Waals surface area contributed by atoms with E-state index in [0.717, 1.165) is 16.9 Å². The number of rotatable bonds is 9. The fraction of sp³-hybridized carbons (Fsp3) is 0.308. The molecule has 182 valence electrons. The average Bonchev–Trinajstić information content (AvgIpc) is 2.82. The minimum atomic E-state index is -0.746. The Morgan fingerprint density at radius 2 is 1.51 bits per heavy atom. The van der Waals surface area contributed by atoms with Gasteiger partial charge in [-0.15, -0.1) is 0 Å². The van der Waals surface area contributed by atoms with Crippen LogP contribution in [-0.2, 0) is 16.8 Å². The lowest BCUT2D eigenvalue weighted by Gasteiger charge is -2.34. The lowest BCUT2D eigenvalue weighted by molar-refractivity contribution is -0.0197. The number of ether oxygens (including phenoxy) is 3. The third-order valence-corrected chi connectivity index (χ3v) is 6.11. The highest BCUT2D eigenvalue weighted by Gasteiger charge is 2.33. The first kappa shape index (κ1) is 24.0. The van der Waals surface area contributed by atoms with E-state index in [0.29, 0.717) is 24.3 Å². The summed E-state index contributed by atoms with van der Waals surface area (Å²) < 4.78 is 16.7. The third-order valence-electron chi connectivity index (χ3n) is 6.11. The molecule has 9 nitrogen and oxygen atoms in total. The summed E-state index contributed by atoms with van der Waals surface area (Å²) in [7, 11) is 0. The van der Waals surface area contributed by atoms with Gasteiger partial charge in [-0.3, -0.25) is 4.79 Å². The number of hydrogen-bond donors (Lipinski definition) is 2. The Labute approximate surface area is 203 Å². The molecule has 35 heavy (non-hydrogen) atoms. The molecule has 4 N–H and O–H groups in total. The van der Waals surface area contributed by atoms with Crippen LogP contribution in [0.4, 0.5) is 4.79 Å². The van der Waals surface area contributed by atoms with Crippen molar-refractivity contribution in [3.8, 4) is 11.5 Å². The van der Waals surface area contributed by atoms with Crippen LogP contribution in [0.25, 0.3) is 0 Å². The molecular formula is C26H28N4O5. The lowest BCUT2D eigenvalue weighted by atomic mass is 9.78. The van der Waals surface area contributed by atoms with Crippen molar-refractivity contribution in [2.75, 3.05) is 0 Å². The number of hydrogen-bond acceptors (Lipinski definition) is 7. The fourth-order valence-electron chi connectivity index (χ4n) is 3.90. The first-order chi connectivity index (χ1) is 16.7. The number of carbonyl (C=O) groups is 2. The van der Waals surface area contributed by atoms with Gasteiger partial charge in [0.2, 0.25) is 5.82 Å². The van der Waals surface area contributed by atoms with Crippen LogP contribution in [0.3, 0.4) is 0 Å². The molecule has 0 aliphatic heterocycles. The molecule has 1 aliphatic rings. The van der Waals surface area contributed by atoms with Crippen molar-refractivity contribution in [1.29, 1.82) is 0 Å². The quantitative estimate of drug-likeness (QED) is 0.482. The zero-order valence-corrected chi connectivity index (χ0v) is 19.6. The molecule has 0 radical (unpaired) electrons. The molecule has 2 aromatic carbocycles. The lowest BCUT2D eigenvalue weighted by Crippen LogP contribution is -2.41. The van der Waals surface area contributed by atoms with Gasteiger partial charge in [0.05, 0.1) is 5.69 Å². The summed E-state index contributed by atoms with van der Waals surface area (Å²) >= 11 is 0.